The summed E-state index contributed by atoms with van der Waals surface area (Å²) < 4.78 is 0. The summed E-state index contributed by atoms with van der Waals surface area (Å²) >= 11 is 0. The van der Waals surface area contributed by atoms with Gasteiger partial charge in [0.05, 0.1) is 5.69 Å². The van der Waals surface area contributed by atoms with Gasteiger partial charge in [-0.3, -0.25) is 0 Å². The minimum absolute atomic E-state index is 1.02. The van der Waals surface area contributed by atoms with Gasteiger partial charge in [-0.05, 0) is 75.4 Å². The van der Waals surface area contributed by atoms with E-state index in [0.717, 1.165) is 17.1 Å². The van der Waals surface area contributed by atoms with Crippen LogP contribution < -0.4 is 4.90 Å². The molecule has 0 heterocycles. The number of benzene rings is 2. The molecular weight excluding hydrogens is 362 g/mol. The zero-order valence-corrected chi connectivity index (χ0v) is 18.9. The lowest BCUT2D eigenvalue weighted by molar-refractivity contribution is 1.14. The first kappa shape index (κ1) is 23.0. The van der Waals surface area contributed by atoms with Crippen molar-refractivity contribution in [2.45, 2.75) is 34.6 Å². The van der Waals surface area contributed by atoms with E-state index in [9.17, 15) is 0 Å². The van der Waals surface area contributed by atoms with Crippen LogP contribution in [0.5, 0.6) is 0 Å². The Morgan fingerprint density at radius 3 is 2.30 bits per heavy atom. The summed E-state index contributed by atoms with van der Waals surface area (Å²) in [5, 5.41) is 2.44. The van der Waals surface area contributed by atoms with Gasteiger partial charge >= 0.3 is 0 Å². The maximum absolute atomic E-state index is 4.11. The Balaban J connectivity index is 2.91. The molecule has 2 rings (SSSR count). The molecule has 0 aliphatic heterocycles. The van der Waals surface area contributed by atoms with Crippen molar-refractivity contribution in [3.8, 4) is 0 Å². The summed E-state index contributed by atoms with van der Waals surface area (Å²) in [5.74, 6) is 0. The van der Waals surface area contributed by atoms with Crippen LogP contribution >= 0.6 is 0 Å². The summed E-state index contributed by atoms with van der Waals surface area (Å²) in [6, 6.07) is 10.9. The first-order chi connectivity index (χ1) is 14.5. The SMILES string of the molecule is C=C/C=C\C(=C/C)N(/C(C=C)=C/C(C)=C\C)c1cccc2c(/C=C\C)c(C)ccc12. The van der Waals surface area contributed by atoms with Crippen LogP contribution in [0.1, 0.15) is 38.8 Å². The Bertz CT molecular complexity index is 1070. The highest BCUT2D eigenvalue weighted by atomic mass is 15.2. The molecule has 0 spiro atoms. The standard InChI is InChI=1S/C29H33N/c1-8-13-16-24(11-4)30(25(12-5)21-22(6)10-3)29-18-14-17-27-26(15-9-2)23(7)19-20-28(27)29/h8-21H,1,5H2,2-4,6-7H3/b15-9-,16-13-,22-10-,24-11+,25-21+. The molecule has 0 unspecified atom stereocenters. The van der Waals surface area contributed by atoms with E-state index in [0.29, 0.717) is 0 Å². The molecule has 0 bridgehead atoms. The van der Waals surface area contributed by atoms with Crippen LogP contribution in [-0.4, -0.2) is 0 Å². The molecule has 1 nitrogen and oxygen atoms in total. The quantitative estimate of drug-likeness (QED) is 0.404. The van der Waals surface area contributed by atoms with Gasteiger partial charge < -0.3 is 4.90 Å². The van der Waals surface area contributed by atoms with E-state index in [1.807, 2.05) is 12.2 Å². The largest absolute Gasteiger partial charge is 0.310 e. The van der Waals surface area contributed by atoms with Crippen molar-refractivity contribution in [3.63, 3.8) is 0 Å². The lowest BCUT2D eigenvalue weighted by Gasteiger charge is -2.29. The number of rotatable bonds is 8. The molecule has 0 N–H and O–H groups in total. The highest BCUT2D eigenvalue weighted by Gasteiger charge is 2.17. The molecule has 0 aliphatic rings. The second-order valence-corrected chi connectivity index (χ2v) is 7.12. The van der Waals surface area contributed by atoms with Gasteiger partial charge in [-0.15, -0.1) is 0 Å². The zero-order valence-electron chi connectivity index (χ0n) is 18.9. The molecule has 0 radical (unpaired) electrons. The van der Waals surface area contributed by atoms with Gasteiger partial charge in [0.1, 0.15) is 0 Å². The number of anilines is 1. The molecule has 154 valence electrons. The predicted octanol–water partition coefficient (Wildman–Crippen LogP) is 8.67. The summed E-state index contributed by atoms with van der Waals surface area (Å²) in [7, 11) is 0. The van der Waals surface area contributed by atoms with Gasteiger partial charge in [0.25, 0.3) is 0 Å². The second-order valence-electron chi connectivity index (χ2n) is 7.12. The maximum atomic E-state index is 4.11. The smallest absolute Gasteiger partial charge is 0.0540 e. The van der Waals surface area contributed by atoms with Crippen LogP contribution in [-0.2, 0) is 0 Å². The molecule has 0 saturated heterocycles. The molecule has 0 amide bonds. The summed E-state index contributed by atoms with van der Waals surface area (Å²) in [6.45, 7) is 18.4. The van der Waals surface area contributed by atoms with Gasteiger partial charge in [0.2, 0.25) is 0 Å². The van der Waals surface area contributed by atoms with Gasteiger partial charge in [-0.1, -0.05) is 79.5 Å². The maximum Gasteiger partial charge on any atom is 0.0540 e. The van der Waals surface area contributed by atoms with Crippen molar-refractivity contribution >= 4 is 22.5 Å². The van der Waals surface area contributed by atoms with Crippen molar-refractivity contribution in [1.82, 2.24) is 0 Å². The molecule has 2 aromatic carbocycles. The third-order valence-corrected chi connectivity index (χ3v) is 5.13. The van der Waals surface area contributed by atoms with Gasteiger partial charge in [0, 0.05) is 16.8 Å². The summed E-state index contributed by atoms with van der Waals surface area (Å²) in [5.41, 5.74) is 6.91. The first-order valence-electron chi connectivity index (χ1n) is 10.4. The third-order valence-electron chi connectivity index (χ3n) is 5.13. The van der Waals surface area contributed by atoms with Crippen molar-refractivity contribution in [3.05, 3.63) is 120 Å². The molecule has 0 atom stereocenters. The van der Waals surface area contributed by atoms with Gasteiger partial charge in [0.15, 0.2) is 0 Å². The minimum Gasteiger partial charge on any atom is -0.310 e. The fourth-order valence-corrected chi connectivity index (χ4v) is 3.48. The number of aryl methyl sites for hydroxylation is 1. The molecule has 30 heavy (non-hydrogen) atoms. The minimum atomic E-state index is 1.02. The Labute approximate surface area is 182 Å². The van der Waals surface area contributed by atoms with E-state index in [4.69, 9.17) is 0 Å². The number of nitrogens with zero attached hydrogens (tertiary/aromatic N) is 1. The molecule has 1 heteroatoms. The third kappa shape index (κ3) is 4.99. The Morgan fingerprint density at radius 2 is 1.70 bits per heavy atom. The monoisotopic (exact) mass is 395 g/mol. The van der Waals surface area contributed by atoms with Crippen LogP contribution in [0, 0.1) is 6.92 Å². The Hall–Kier alpha value is -3.32. The molecule has 0 saturated carbocycles. The second kappa shape index (κ2) is 11.0. The average molecular weight is 396 g/mol. The van der Waals surface area contributed by atoms with Crippen LogP contribution in [0.2, 0.25) is 0 Å². The number of fused-ring (bicyclic) bond motifs is 1. The highest BCUT2D eigenvalue weighted by Crippen LogP contribution is 2.36. The average Bonchev–Trinajstić information content (AvgIpc) is 2.77. The Kier molecular flexibility index (Phi) is 8.43. The zero-order chi connectivity index (χ0) is 22.1. The topological polar surface area (TPSA) is 3.24 Å². The van der Waals surface area contributed by atoms with E-state index in [1.165, 1.54) is 27.5 Å². The van der Waals surface area contributed by atoms with Crippen LogP contribution in [0.25, 0.3) is 16.8 Å². The van der Waals surface area contributed by atoms with Gasteiger partial charge in [-0.25, -0.2) is 0 Å². The van der Waals surface area contributed by atoms with Crippen LogP contribution in [0.4, 0.5) is 5.69 Å². The summed E-state index contributed by atoms with van der Waals surface area (Å²) in [6.07, 6.45) is 18.4. The van der Waals surface area contributed by atoms with Crippen molar-refractivity contribution in [2.75, 3.05) is 4.90 Å². The fraction of sp³-hybridized carbons (Fsp3) is 0.172. The van der Waals surface area contributed by atoms with E-state index in [1.54, 1.807) is 6.08 Å². The van der Waals surface area contributed by atoms with E-state index >= 15 is 0 Å². The van der Waals surface area contributed by atoms with Crippen LogP contribution in [0.15, 0.2) is 109 Å². The number of hydrogen-bond donors (Lipinski definition) is 0. The van der Waals surface area contributed by atoms with E-state index in [2.05, 4.69) is 119 Å². The lowest BCUT2D eigenvalue weighted by atomic mass is 9.97. The fourth-order valence-electron chi connectivity index (χ4n) is 3.48. The van der Waals surface area contributed by atoms with Crippen molar-refractivity contribution < 1.29 is 0 Å². The van der Waals surface area contributed by atoms with Gasteiger partial charge in [-0.2, -0.15) is 0 Å². The molecule has 0 fully saturated rings. The molecular formula is C29H33N. The molecule has 0 aromatic heterocycles. The first-order valence-corrected chi connectivity index (χ1v) is 10.4. The summed E-state index contributed by atoms with van der Waals surface area (Å²) in [4.78, 5) is 2.26. The molecule has 2 aromatic rings. The normalized spacial score (nSPS) is 13.4. The van der Waals surface area contributed by atoms with E-state index < -0.39 is 0 Å². The van der Waals surface area contributed by atoms with Crippen molar-refractivity contribution in [1.29, 1.82) is 0 Å². The van der Waals surface area contributed by atoms with Crippen LogP contribution in [0.3, 0.4) is 0 Å². The lowest BCUT2D eigenvalue weighted by Crippen LogP contribution is -2.20. The van der Waals surface area contributed by atoms with Crippen molar-refractivity contribution in [2.24, 2.45) is 0 Å². The highest BCUT2D eigenvalue weighted by molar-refractivity contribution is 6.01. The van der Waals surface area contributed by atoms with E-state index in [-0.39, 0.29) is 0 Å². The predicted molar refractivity (Wildman–Crippen MR) is 137 cm³/mol. The Morgan fingerprint density at radius 1 is 0.933 bits per heavy atom. The molecule has 0 aliphatic carbocycles. The number of allylic oxidation sites excluding steroid dienone is 9. The number of hydrogen-bond acceptors (Lipinski definition) is 1.